The highest BCUT2D eigenvalue weighted by atomic mass is 16.4. The predicted molar refractivity (Wildman–Crippen MR) is 67.5 cm³/mol. The van der Waals surface area contributed by atoms with Crippen LogP contribution in [-0.4, -0.2) is 35.1 Å². The summed E-state index contributed by atoms with van der Waals surface area (Å²) in [7, 11) is 0. The molecule has 0 aromatic carbocycles. The lowest BCUT2D eigenvalue weighted by atomic mass is 10.1. The first-order valence-corrected chi connectivity index (χ1v) is 6.14. The third-order valence-corrected chi connectivity index (χ3v) is 2.93. The Balaban J connectivity index is 2.94. The van der Waals surface area contributed by atoms with Crippen LogP contribution in [0, 0.1) is 0 Å². The van der Waals surface area contributed by atoms with Crippen LogP contribution in [0.4, 0.5) is 0 Å². The van der Waals surface area contributed by atoms with Gasteiger partial charge in [-0.1, -0.05) is 13.8 Å². The van der Waals surface area contributed by atoms with Gasteiger partial charge in [-0.3, -0.25) is 4.79 Å². The predicted octanol–water partition coefficient (Wildman–Crippen LogP) is 1.26. The first-order valence-electron chi connectivity index (χ1n) is 6.14. The third kappa shape index (κ3) is 3.43. The zero-order valence-corrected chi connectivity index (χ0v) is 10.8. The summed E-state index contributed by atoms with van der Waals surface area (Å²) in [5.74, 6) is -0.221. The normalized spacial score (nSPS) is 10.7. The summed E-state index contributed by atoms with van der Waals surface area (Å²) in [6, 6.07) is 2.75. The van der Waals surface area contributed by atoms with Crippen molar-refractivity contribution in [3.63, 3.8) is 0 Å². The van der Waals surface area contributed by atoms with E-state index in [1.807, 2.05) is 13.8 Å². The molecule has 0 aliphatic heterocycles. The molecule has 0 bridgehead atoms. The number of aliphatic hydroxyl groups excluding tert-OH is 1. The minimum Gasteiger partial charge on any atom is -0.430 e. The van der Waals surface area contributed by atoms with E-state index >= 15 is 0 Å². The maximum atomic E-state index is 12.3. The molecule has 5 nitrogen and oxygen atoms in total. The minimum absolute atomic E-state index is 0.0802. The van der Waals surface area contributed by atoms with E-state index in [1.54, 1.807) is 4.90 Å². The van der Waals surface area contributed by atoms with Crippen molar-refractivity contribution in [3.8, 4) is 0 Å². The molecule has 1 amide bonds. The molecule has 0 spiro atoms. The monoisotopic (exact) mass is 253 g/mol. The van der Waals surface area contributed by atoms with Crippen LogP contribution in [0.2, 0.25) is 0 Å². The zero-order chi connectivity index (χ0) is 13.5. The van der Waals surface area contributed by atoms with E-state index in [1.165, 1.54) is 12.1 Å². The van der Waals surface area contributed by atoms with Crippen LogP contribution in [0.1, 0.15) is 37.0 Å². The van der Waals surface area contributed by atoms with Crippen LogP contribution >= 0.6 is 0 Å². The van der Waals surface area contributed by atoms with Crippen molar-refractivity contribution in [2.24, 2.45) is 0 Å². The van der Waals surface area contributed by atoms with Gasteiger partial charge in [0.2, 0.25) is 0 Å². The van der Waals surface area contributed by atoms with Crippen LogP contribution in [-0.2, 0) is 0 Å². The lowest BCUT2D eigenvalue weighted by Crippen LogP contribution is -2.41. The van der Waals surface area contributed by atoms with Crippen molar-refractivity contribution in [1.82, 2.24) is 4.90 Å². The van der Waals surface area contributed by atoms with Gasteiger partial charge in [-0.2, -0.15) is 0 Å². The Hall–Kier alpha value is -1.62. The van der Waals surface area contributed by atoms with E-state index in [9.17, 15) is 9.59 Å². The first-order chi connectivity index (χ1) is 8.63. The molecule has 0 aliphatic carbocycles. The number of carbonyl (C=O) groups is 1. The lowest BCUT2D eigenvalue weighted by Gasteiger charge is -2.29. The Morgan fingerprint density at radius 3 is 2.50 bits per heavy atom. The molecule has 5 heteroatoms. The quantitative estimate of drug-likeness (QED) is 0.828. The molecule has 1 heterocycles. The smallest absolute Gasteiger partial charge is 0.335 e. The van der Waals surface area contributed by atoms with Gasteiger partial charge in [-0.15, -0.1) is 0 Å². The molecular weight excluding hydrogens is 234 g/mol. The molecule has 0 atom stereocenters. The highest BCUT2D eigenvalue weighted by Crippen LogP contribution is 2.12. The molecule has 18 heavy (non-hydrogen) atoms. The van der Waals surface area contributed by atoms with E-state index in [0.717, 1.165) is 19.1 Å². The SMILES string of the molecule is CCC(CC)N(CCO)C(=O)c1ccc(=O)oc1. The summed E-state index contributed by atoms with van der Waals surface area (Å²) in [5.41, 5.74) is -0.155. The zero-order valence-electron chi connectivity index (χ0n) is 10.8. The molecule has 0 aliphatic rings. The van der Waals surface area contributed by atoms with Crippen LogP contribution < -0.4 is 5.63 Å². The molecule has 100 valence electrons. The number of hydrogen-bond acceptors (Lipinski definition) is 4. The molecule has 0 saturated heterocycles. The number of amides is 1. The summed E-state index contributed by atoms with van der Waals surface area (Å²) in [5, 5.41) is 9.05. The van der Waals surface area contributed by atoms with E-state index in [0.29, 0.717) is 5.56 Å². The Morgan fingerprint density at radius 1 is 1.39 bits per heavy atom. The van der Waals surface area contributed by atoms with Crippen molar-refractivity contribution in [2.75, 3.05) is 13.2 Å². The van der Waals surface area contributed by atoms with Gasteiger partial charge < -0.3 is 14.4 Å². The minimum atomic E-state index is -0.484. The largest absolute Gasteiger partial charge is 0.430 e. The van der Waals surface area contributed by atoms with Gasteiger partial charge in [0.1, 0.15) is 6.26 Å². The Labute approximate surface area is 106 Å². The molecule has 0 fully saturated rings. The van der Waals surface area contributed by atoms with Gasteiger partial charge in [0, 0.05) is 18.7 Å². The van der Waals surface area contributed by atoms with Gasteiger partial charge in [0.25, 0.3) is 5.91 Å². The van der Waals surface area contributed by atoms with Gasteiger partial charge in [0.05, 0.1) is 12.2 Å². The number of nitrogens with zero attached hydrogens (tertiary/aromatic N) is 1. The summed E-state index contributed by atoms with van der Waals surface area (Å²) in [4.78, 5) is 24.7. The fourth-order valence-corrected chi connectivity index (χ4v) is 1.93. The van der Waals surface area contributed by atoms with Gasteiger partial charge in [-0.05, 0) is 18.9 Å². The second-order valence-electron chi connectivity index (χ2n) is 4.04. The van der Waals surface area contributed by atoms with Crippen molar-refractivity contribution in [3.05, 3.63) is 34.4 Å². The van der Waals surface area contributed by atoms with Crippen molar-refractivity contribution in [1.29, 1.82) is 0 Å². The third-order valence-electron chi connectivity index (χ3n) is 2.93. The summed E-state index contributed by atoms with van der Waals surface area (Å²) in [6.07, 6.45) is 2.80. The first kappa shape index (κ1) is 14.4. The second kappa shape index (κ2) is 6.96. The summed E-state index contributed by atoms with van der Waals surface area (Å²) in [6.45, 7) is 4.19. The standard InChI is InChI=1S/C13H19NO4/c1-3-11(4-2)14(7-8-15)13(17)10-5-6-12(16)18-9-10/h5-6,9,11,15H,3-4,7-8H2,1-2H3. The second-order valence-corrected chi connectivity index (χ2v) is 4.04. The maximum absolute atomic E-state index is 12.3. The van der Waals surface area contributed by atoms with Crippen LogP contribution in [0.3, 0.4) is 0 Å². The van der Waals surface area contributed by atoms with Crippen LogP contribution in [0.15, 0.2) is 27.6 Å². The molecule has 0 saturated carbocycles. The van der Waals surface area contributed by atoms with E-state index in [-0.39, 0.29) is 25.1 Å². The number of hydrogen-bond donors (Lipinski definition) is 1. The van der Waals surface area contributed by atoms with Crippen molar-refractivity contribution < 1.29 is 14.3 Å². The van der Waals surface area contributed by atoms with Gasteiger partial charge in [0.15, 0.2) is 0 Å². The Bertz CT molecular complexity index is 416. The topological polar surface area (TPSA) is 70.8 Å². The molecular formula is C13H19NO4. The van der Waals surface area contributed by atoms with Crippen LogP contribution in [0.25, 0.3) is 0 Å². The molecule has 1 rings (SSSR count). The van der Waals surface area contributed by atoms with Gasteiger partial charge in [-0.25, -0.2) is 4.79 Å². The average molecular weight is 253 g/mol. The maximum Gasteiger partial charge on any atom is 0.335 e. The van der Waals surface area contributed by atoms with Crippen molar-refractivity contribution in [2.45, 2.75) is 32.7 Å². The average Bonchev–Trinajstić information content (AvgIpc) is 2.39. The van der Waals surface area contributed by atoms with Gasteiger partial charge >= 0.3 is 5.63 Å². The highest BCUT2D eigenvalue weighted by Gasteiger charge is 2.22. The van der Waals surface area contributed by atoms with E-state index in [2.05, 4.69) is 4.42 Å². The Kier molecular flexibility index (Phi) is 5.58. The molecule has 0 unspecified atom stereocenters. The fourth-order valence-electron chi connectivity index (χ4n) is 1.93. The van der Waals surface area contributed by atoms with Crippen molar-refractivity contribution >= 4 is 5.91 Å². The number of carbonyl (C=O) groups excluding carboxylic acids is 1. The summed E-state index contributed by atoms with van der Waals surface area (Å²) >= 11 is 0. The molecule has 0 radical (unpaired) electrons. The number of rotatable bonds is 6. The lowest BCUT2D eigenvalue weighted by molar-refractivity contribution is 0.0619. The highest BCUT2D eigenvalue weighted by molar-refractivity contribution is 5.93. The van der Waals surface area contributed by atoms with E-state index < -0.39 is 5.63 Å². The molecule has 1 N–H and O–H groups in total. The molecule has 1 aromatic heterocycles. The Morgan fingerprint density at radius 2 is 2.06 bits per heavy atom. The van der Waals surface area contributed by atoms with Crippen LogP contribution in [0.5, 0.6) is 0 Å². The fraction of sp³-hybridized carbons (Fsp3) is 0.538. The summed E-state index contributed by atoms with van der Waals surface area (Å²) < 4.78 is 4.69. The number of aliphatic hydroxyl groups is 1. The van der Waals surface area contributed by atoms with E-state index in [4.69, 9.17) is 5.11 Å². The molecule has 1 aromatic rings.